The number of hydrogen-bond donors (Lipinski definition) is 1. The van der Waals surface area contributed by atoms with Gasteiger partial charge in [0.2, 0.25) is 0 Å². The van der Waals surface area contributed by atoms with E-state index in [1.807, 2.05) is 38.1 Å². The second-order valence-electron chi connectivity index (χ2n) is 9.24. The number of morpholine rings is 1. The van der Waals surface area contributed by atoms with Gasteiger partial charge in [0, 0.05) is 31.7 Å². The molecule has 0 unspecified atom stereocenters. The highest BCUT2D eigenvalue weighted by molar-refractivity contribution is 6.46. The SMILES string of the molecule is CCCOc1ccc(/C(O)=C2\C(=O)C(=O)N(CCN3CCOCC3)[C@@H]2c2ccc(OCCC)cc2)cc1. The average molecular weight is 509 g/mol. The van der Waals surface area contributed by atoms with Crippen LogP contribution in [0.4, 0.5) is 0 Å². The van der Waals surface area contributed by atoms with Crippen molar-refractivity contribution < 1.29 is 28.9 Å². The molecule has 4 rings (SSSR count). The van der Waals surface area contributed by atoms with Crippen LogP contribution in [0, 0.1) is 0 Å². The van der Waals surface area contributed by atoms with Crippen molar-refractivity contribution in [1.82, 2.24) is 9.80 Å². The number of benzene rings is 2. The molecule has 1 amide bonds. The Balaban J connectivity index is 1.67. The Morgan fingerprint density at radius 1 is 0.892 bits per heavy atom. The van der Waals surface area contributed by atoms with Crippen LogP contribution in [-0.2, 0) is 14.3 Å². The molecule has 0 aromatic heterocycles. The predicted molar refractivity (Wildman–Crippen MR) is 141 cm³/mol. The fourth-order valence-corrected chi connectivity index (χ4v) is 4.58. The van der Waals surface area contributed by atoms with Gasteiger partial charge < -0.3 is 24.2 Å². The number of hydrogen-bond acceptors (Lipinski definition) is 7. The fraction of sp³-hybridized carbons (Fsp3) is 0.448. The Kier molecular flexibility index (Phi) is 9.19. The fourth-order valence-electron chi connectivity index (χ4n) is 4.58. The van der Waals surface area contributed by atoms with Crippen LogP contribution in [0.15, 0.2) is 54.1 Å². The Hall–Kier alpha value is -3.36. The van der Waals surface area contributed by atoms with E-state index in [9.17, 15) is 14.7 Å². The molecule has 198 valence electrons. The van der Waals surface area contributed by atoms with Crippen molar-refractivity contribution in [3.05, 3.63) is 65.2 Å². The highest BCUT2D eigenvalue weighted by Gasteiger charge is 2.46. The number of amides is 1. The lowest BCUT2D eigenvalue weighted by molar-refractivity contribution is -0.140. The Labute approximate surface area is 218 Å². The van der Waals surface area contributed by atoms with E-state index in [2.05, 4.69) is 4.90 Å². The largest absolute Gasteiger partial charge is 0.507 e. The maximum atomic E-state index is 13.3. The van der Waals surface area contributed by atoms with Crippen LogP contribution in [0.1, 0.15) is 43.9 Å². The molecule has 0 bridgehead atoms. The van der Waals surface area contributed by atoms with Gasteiger partial charge >= 0.3 is 0 Å². The van der Waals surface area contributed by atoms with E-state index in [-0.39, 0.29) is 11.3 Å². The van der Waals surface area contributed by atoms with Crippen molar-refractivity contribution in [3.63, 3.8) is 0 Å². The van der Waals surface area contributed by atoms with E-state index < -0.39 is 17.7 Å². The van der Waals surface area contributed by atoms with Gasteiger partial charge in [-0.05, 0) is 54.8 Å². The third-order valence-corrected chi connectivity index (χ3v) is 6.57. The second kappa shape index (κ2) is 12.7. The molecule has 2 aliphatic heterocycles. The molecule has 1 atom stereocenters. The van der Waals surface area contributed by atoms with Crippen molar-refractivity contribution in [3.8, 4) is 11.5 Å². The number of Topliss-reactive ketones (excluding diaryl/α,β-unsaturated/α-hetero) is 1. The number of ketones is 1. The molecule has 2 heterocycles. The maximum Gasteiger partial charge on any atom is 0.295 e. The Morgan fingerprint density at radius 3 is 2.03 bits per heavy atom. The number of aliphatic hydroxyl groups is 1. The first-order valence-corrected chi connectivity index (χ1v) is 13.1. The summed E-state index contributed by atoms with van der Waals surface area (Å²) in [6.07, 6.45) is 1.78. The summed E-state index contributed by atoms with van der Waals surface area (Å²) in [4.78, 5) is 30.3. The highest BCUT2D eigenvalue weighted by atomic mass is 16.5. The third kappa shape index (κ3) is 6.32. The Bertz CT molecular complexity index is 1090. The van der Waals surface area contributed by atoms with E-state index in [0.29, 0.717) is 50.8 Å². The lowest BCUT2D eigenvalue weighted by atomic mass is 9.95. The monoisotopic (exact) mass is 508 g/mol. The molecule has 0 saturated carbocycles. The number of nitrogens with zero attached hydrogens (tertiary/aromatic N) is 2. The summed E-state index contributed by atoms with van der Waals surface area (Å²) in [7, 11) is 0. The zero-order chi connectivity index (χ0) is 26.2. The van der Waals surface area contributed by atoms with Crippen LogP contribution in [0.5, 0.6) is 11.5 Å². The van der Waals surface area contributed by atoms with E-state index in [0.717, 1.165) is 37.2 Å². The first kappa shape index (κ1) is 26.7. The first-order chi connectivity index (χ1) is 18.0. The molecular formula is C29H36N2O6. The summed E-state index contributed by atoms with van der Waals surface area (Å²) in [6, 6.07) is 13.6. The summed E-state index contributed by atoms with van der Waals surface area (Å²) < 4.78 is 16.8. The molecule has 8 heteroatoms. The van der Waals surface area contributed by atoms with Crippen molar-refractivity contribution >= 4 is 17.4 Å². The summed E-state index contributed by atoms with van der Waals surface area (Å²) >= 11 is 0. The van der Waals surface area contributed by atoms with Gasteiger partial charge in [0.15, 0.2) is 0 Å². The zero-order valence-corrected chi connectivity index (χ0v) is 21.7. The lowest BCUT2D eigenvalue weighted by Crippen LogP contribution is -2.42. The van der Waals surface area contributed by atoms with Crippen LogP contribution in [0.25, 0.3) is 5.76 Å². The number of rotatable bonds is 11. The van der Waals surface area contributed by atoms with E-state index in [4.69, 9.17) is 14.2 Å². The number of carbonyl (C=O) groups is 2. The van der Waals surface area contributed by atoms with Crippen LogP contribution in [0.2, 0.25) is 0 Å². The van der Waals surface area contributed by atoms with Crippen molar-refractivity contribution in [2.75, 3.05) is 52.6 Å². The average Bonchev–Trinajstić information content (AvgIpc) is 3.19. The molecule has 2 aromatic rings. The number of carbonyl (C=O) groups excluding carboxylic acids is 2. The lowest BCUT2D eigenvalue weighted by Gasteiger charge is -2.31. The minimum Gasteiger partial charge on any atom is -0.507 e. The summed E-state index contributed by atoms with van der Waals surface area (Å²) in [6.45, 7) is 9.12. The molecule has 2 aliphatic rings. The van der Waals surface area contributed by atoms with Gasteiger partial charge in [0.25, 0.3) is 11.7 Å². The smallest absolute Gasteiger partial charge is 0.295 e. The maximum absolute atomic E-state index is 13.3. The van der Waals surface area contributed by atoms with Gasteiger partial charge in [-0.1, -0.05) is 26.0 Å². The molecule has 1 N–H and O–H groups in total. The van der Waals surface area contributed by atoms with Crippen molar-refractivity contribution in [1.29, 1.82) is 0 Å². The third-order valence-electron chi connectivity index (χ3n) is 6.57. The van der Waals surface area contributed by atoms with Crippen LogP contribution < -0.4 is 9.47 Å². The molecule has 37 heavy (non-hydrogen) atoms. The predicted octanol–water partition coefficient (Wildman–Crippen LogP) is 4.02. The van der Waals surface area contributed by atoms with Gasteiger partial charge in [-0.3, -0.25) is 14.5 Å². The first-order valence-electron chi connectivity index (χ1n) is 13.1. The number of likely N-dealkylation sites (tertiary alicyclic amines) is 1. The Morgan fingerprint density at radius 2 is 1.46 bits per heavy atom. The molecule has 0 aliphatic carbocycles. The highest BCUT2D eigenvalue weighted by Crippen LogP contribution is 2.40. The number of aliphatic hydroxyl groups excluding tert-OH is 1. The van der Waals surface area contributed by atoms with Gasteiger partial charge in [-0.15, -0.1) is 0 Å². The quantitative estimate of drug-likeness (QED) is 0.279. The minimum absolute atomic E-state index is 0.0939. The van der Waals surface area contributed by atoms with Gasteiger partial charge in [0.1, 0.15) is 17.3 Å². The van der Waals surface area contributed by atoms with Crippen molar-refractivity contribution in [2.45, 2.75) is 32.7 Å². The standard InChI is InChI=1S/C29H36N2O6/c1-3-17-36-23-9-5-21(6-10-23)26-25(27(32)22-7-11-24(12-8-22)37-18-4-2)28(33)29(34)31(26)14-13-30-15-19-35-20-16-30/h5-12,26,32H,3-4,13-20H2,1-2H3/b27-25+/t26-/m1/s1. The zero-order valence-electron chi connectivity index (χ0n) is 21.7. The summed E-state index contributed by atoms with van der Waals surface area (Å²) in [5, 5.41) is 11.3. The van der Waals surface area contributed by atoms with Crippen molar-refractivity contribution in [2.24, 2.45) is 0 Å². The van der Waals surface area contributed by atoms with Gasteiger partial charge in [-0.25, -0.2) is 0 Å². The summed E-state index contributed by atoms with van der Waals surface area (Å²) in [5.41, 5.74) is 1.30. The van der Waals surface area contributed by atoms with E-state index in [1.54, 1.807) is 29.2 Å². The summed E-state index contributed by atoms with van der Waals surface area (Å²) in [5.74, 6) is -0.0659. The molecule has 2 aromatic carbocycles. The normalized spacial score (nSPS) is 19.8. The van der Waals surface area contributed by atoms with Crippen LogP contribution in [0.3, 0.4) is 0 Å². The van der Waals surface area contributed by atoms with Crippen LogP contribution in [-0.4, -0.2) is 79.2 Å². The second-order valence-corrected chi connectivity index (χ2v) is 9.24. The van der Waals surface area contributed by atoms with E-state index in [1.165, 1.54) is 0 Å². The molecule has 0 radical (unpaired) electrons. The van der Waals surface area contributed by atoms with Gasteiger partial charge in [-0.2, -0.15) is 0 Å². The molecule has 0 spiro atoms. The molecule has 8 nitrogen and oxygen atoms in total. The van der Waals surface area contributed by atoms with Crippen LogP contribution >= 0.6 is 0 Å². The van der Waals surface area contributed by atoms with Gasteiger partial charge in [0.05, 0.1) is 38.0 Å². The minimum atomic E-state index is -0.697. The molecule has 2 fully saturated rings. The molecule has 2 saturated heterocycles. The number of ether oxygens (including phenoxy) is 3. The van der Waals surface area contributed by atoms with E-state index >= 15 is 0 Å². The topological polar surface area (TPSA) is 88.5 Å². The molecular weight excluding hydrogens is 472 g/mol.